The van der Waals surface area contributed by atoms with Gasteiger partial charge in [0.15, 0.2) is 0 Å². The molecule has 2 unspecified atom stereocenters. The van der Waals surface area contributed by atoms with E-state index in [-0.39, 0.29) is 11.2 Å². The Hall–Kier alpha value is -0.620. The Morgan fingerprint density at radius 2 is 1.80 bits per heavy atom. The van der Waals surface area contributed by atoms with Crippen molar-refractivity contribution in [1.29, 1.82) is 0 Å². The van der Waals surface area contributed by atoms with Crippen molar-refractivity contribution in [3.05, 3.63) is 0 Å². The van der Waals surface area contributed by atoms with E-state index in [1.807, 2.05) is 20.8 Å². The number of nitrogens with one attached hydrogen (secondary N) is 1. The SMILES string of the molecule is CC(C)(C)CCS(=O)(=O)NC1CCCCCC1C(=O)O. The molecule has 1 rings (SSSR count). The van der Waals surface area contributed by atoms with Gasteiger partial charge in [0.25, 0.3) is 0 Å². The number of carboxylic acid groups (broad SMARTS) is 1. The lowest BCUT2D eigenvalue weighted by atomic mass is 9.94. The first kappa shape index (κ1) is 17.4. The summed E-state index contributed by atoms with van der Waals surface area (Å²) in [6.07, 6.45) is 4.46. The molecule has 0 heterocycles. The van der Waals surface area contributed by atoms with E-state index in [4.69, 9.17) is 0 Å². The van der Waals surface area contributed by atoms with Gasteiger partial charge in [0, 0.05) is 6.04 Å². The first-order chi connectivity index (χ1) is 9.11. The number of sulfonamides is 1. The van der Waals surface area contributed by atoms with E-state index in [1.165, 1.54) is 0 Å². The normalized spacial score (nSPS) is 25.1. The van der Waals surface area contributed by atoms with Gasteiger partial charge in [0.1, 0.15) is 0 Å². The summed E-state index contributed by atoms with van der Waals surface area (Å²) in [4.78, 5) is 11.3. The number of rotatable bonds is 5. The fraction of sp³-hybridized carbons (Fsp3) is 0.929. The van der Waals surface area contributed by atoms with E-state index in [0.717, 1.165) is 19.3 Å². The van der Waals surface area contributed by atoms with Crippen molar-refractivity contribution in [2.24, 2.45) is 11.3 Å². The summed E-state index contributed by atoms with van der Waals surface area (Å²) >= 11 is 0. The predicted molar refractivity (Wildman–Crippen MR) is 79.0 cm³/mol. The molecule has 1 saturated carbocycles. The van der Waals surface area contributed by atoms with Crippen LogP contribution < -0.4 is 4.72 Å². The molecule has 0 aromatic carbocycles. The minimum absolute atomic E-state index is 0.0512. The van der Waals surface area contributed by atoms with Gasteiger partial charge in [-0.3, -0.25) is 4.79 Å². The maximum atomic E-state index is 12.1. The fourth-order valence-electron chi connectivity index (χ4n) is 2.47. The number of hydrogen-bond donors (Lipinski definition) is 2. The van der Waals surface area contributed by atoms with Crippen molar-refractivity contribution < 1.29 is 18.3 Å². The van der Waals surface area contributed by atoms with Crippen molar-refractivity contribution >= 4 is 16.0 Å². The summed E-state index contributed by atoms with van der Waals surface area (Å²) in [5, 5.41) is 9.25. The topological polar surface area (TPSA) is 83.5 Å². The second kappa shape index (κ2) is 6.89. The summed E-state index contributed by atoms with van der Waals surface area (Å²) in [6.45, 7) is 5.98. The molecule has 0 aromatic rings. The third kappa shape index (κ3) is 6.22. The van der Waals surface area contributed by atoms with E-state index in [1.54, 1.807) is 0 Å². The molecule has 0 bridgehead atoms. The smallest absolute Gasteiger partial charge is 0.308 e. The monoisotopic (exact) mass is 305 g/mol. The molecule has 1 fully saturated rings. The molecule has 118 valence electrons. The number of hydrogen-bond acceptors (Lipinski definition) is 3. The molecule has 2 N–H and O–H groups in total. The molecule has 1 aliphatic rings. The summed E-state index contributed by atoms with van der Waals surface area (Å²) < 4.78 is 26.9. The Balaban J connectivity index is 2.69. The molecule has 0 spiro atoms. The lowest BCUT2D eigenvalue weighted by Gasteiger charge is -2.24. The molecule has 0 aliphatic heterocycles. The molecule has 0 aromatic heterocycles. The van der Waals surface area contributed by atoms with E-state index >= 15 is 0 Å². The van der Waals surface area contributed by atoms with E-state index < -0.39 is 28.0 Å². The Labute approximate surface area is 122 Å². The third-order valence-corrected chi connectivity index (χ3v) is 5.19. The molecular weight excluding hydrogens is 278 g/mol. The molecular formula is C14H27NO4S. The van der Waals surface area contributed by atoms with Gasteiger partial charge in [0.05, 0.1) is 11.7 Å². The zero-order valence-corrected chi connectivity index (χ0v) is 13.5. The Kier molecular flexibility index (Phi) is 6.01. The lowest BCUT2D eigenvalue weighted by molar-refractivity contribution is -0.142. The second-order valence-corrected chi connectivity index (χ2v) is 8.81. The van der Waals surface area contributed by atoms with Crippen LogP contribution in [0.3, 0.4) is 0 Å². The molecule has 0 saturated heterocycles. The van der Waals surface area contributed by atoms with Crippen LogP contribution in [0.5, 0.6) is 0 Å². The van der Waals surface area contributed by atoms with E-state index in [9.17, 15) is 18.3 Å². The molecule has 2 atom stereocenters. The Bertz CT molecular complexity index is 425. The van der Waals surface area contributed by atoms with Crippen molar-refractivity contribution in [2.45, 2.75) is 65.3 Å². The van der Waals surface area contributed by atoms with Crippen LogP contribution in [0, 0.1) is 11.3 Å². The highest BCUT2D eigenvalue weighted by Gasteiger charge is 2.32. The van der Waals surface area contributed by atoms with Crippen molar-refractivity contribution in [3.63, 3.8) is 0 Å². The maximum Gasteiger partial charge on any atom is 0.308 e. The molecule has 5 nitrogen and oxygen atoms in total. The largest absolute Gasteiger partial charge is 0.481 e. The molecule has 20 heavy (non-hydrogen) atoms. The summed E-state index contributed by atoms with van der Waals surface area (Å²) in [7, 11) is -3.41. The number of carboxylic acids is 1. The highest BCUT2D eigenvalue weighted by Crippen LogP contribution is 2.25. The zero-order valence-electron chi connectivity index (χ0n) is 12.7. The quantitative estimate of drug-likeness (QED) is 0.764. The molecule has 0 radical (unpaired) electrons. The molecule has 0 amide bonds. The van der Waals surface area contributed by atoms with Crippen LogP contribution in [0.1, 0.15) is 59.3 Å². The minimum atomic E-state index is -3.41. The zero-order chi connectivity index (χ0) is 15.4. The lowest BCUT2D eigenvalue weighted by Crippen LogP contribution is -2.44. The van der Waals surface area contributed by atoms with Crippen LogP contribution in [0.25, 0.3) is 0 Å². The Morgan fingerprint density at radius 1 is 1.20 bits per heavy atom. The number of aliphatic carboxylic acids is 1. The van der Waals surface area contributed by atoms with Gasteiger partial charge in [0.2, 0.25) is 10.0 Å². The standard InChI is InChI=1S/C14H27NO4S/c1-14(2,3)9-10-20(18,19)15-12-8-6-4-5-7-11(12)13(16)17/h11-12,15H,4-10H2,1-3H3,(H,16,17). The average Bonchev–Trinajstić information content (AvgIpc) is 2.50. The van der Waals surface area contributed by atoms with Gasteiger partial charge < -0.3 is 5.11 Å². The second-order valence-electron chi connectivity index (χ2n) is 6.94. The highest BCUT2D eigenvalue weighted by atomic mass is 32.2. The van der Waals surface area contributed by atoms with E-state index in [0.29, 0.717) is 19.3 Å². The first-order valence-electron chi connectivity index (χ1n) is 7.33. The summed E-state index contributed by atoms with van der Waals surface area (Å²) in [5.41, 5.74) is -0.0512. The van der Waals surface area contributed by atoms with Gasteiger partial charge in [-0.05, 0) is 24.7 Å². The van der Waals surface area contributed by atoms with Crippen LogP contribution in [0.2, 0.25) is 0 Å². The van der Waals surface area contributed by atoms with Gasteiger partial charge in [-0.15, -0.1) is 0 Å². The first-order valence-corrected chi connectivity index (χ1v) is 8.99. The van der Waals surface area contributed by atoms with Gasteiger partial charge in [-0.1, -0.05) is 40.0 Å². The van der Waals surface area contributed by atoms with Crippen LogP contribution >= 0.6 is 0 Å². The van der Waals surface area contributed by atoms with Crippen LogP contribution in [-0.4, -0.2) is 31.3 Å². The van der Waals surface area contributed by atoms with Crippen LogP contribution in [-0.2, 0) is 14.8 Å². The predicted octanol–water partition coefficient (Wildman–Crippen LogP) is 2.38. The van der Waals surface area contributed by atoms with Crippen LogP contribution in [0.15, 0.2) is 0 Å². The fourth-order valence-corrected chi connectivity index (χ4v) is 4.22. The van der Waals surface area contributed by atoms with Gasteiger partial charge >= 0.3 is 5.97 Å². The molecule has 1 aliphatic carbocycles. The summed E-state index contributed by atoms with van der Waals surface area (Å²) in [6, 6.07) is -0.458. The average molecular weight is 305 g/mol. The molecule has 6 heteroatoms. The van der Waals surface area contributed by atoms with Gasteiger partial charge in [-0.25, -0.2) is 13.1 Å². The summed E-state index contributed by atoms with van der Waals surface area (Å²) in [5.74, 6) is -1.43. The van der Waals surface area contributed by atoms with Gasteiger partial charge in [-0.2, -0.15) is 0 Å². The van der Waals surface area contributed by atoms with Crippen molar-refractivity contribution in [3.8, 4) is 0 Å². The Morgan fingerprint density at radius 3 is 2.35 bits per heavy atom. The van der Waals surface area contributed by atoms with E-state index in [2.05, 4.69) is 4.72 Å². The maximum absolute atomic E-state index is 12.1. The minimum Gasteiger partial charge on any atom is -0.481 e. The third-order valence-electron chi connectivity index (χ3n) is 3.78. The van der Waals surface area contributed by atoms with Crippen molar-refractivity contribution in [2.75, 3.05) is 5.75 Å². The highest BCUT2D eigenvalue weighted by molar-refractivity contribution is 7.89. The van der Waals surface area contributed by atoms with Crippen molar-refractivity contribution in [1.82, 2.24) is 4.72 Å². The number of carbonyl (C=O) groups is 1. The van der Waals surface area contributed by atoms with Crippen LogP contribution in [0.4, 0.5) is 0 Å².